The minimum absolute atomic E-state index is 0.0428. The van der Waals surface area contributed by atoms with Gasteiger partial charge in [-0.2, -0.15) is 0 Å². The molecule has 0 radical (unpaired) electrons. The first-order chi connectivity index (χ1) is 12.0. The Morgan fingerprint density at radius 2 is 1.20 bits per heavy atom. The first kappa shape index (κ1) is 17.0. The molecule has 3 aromatic carbocycles. The summed E-state index contributed by atoms with van der Waals surface area (Å²) in [6.07, 6.45) is 0. The van der Waals surface area contributed by atoms with Crippen LogP contribution in [0.5, 0.6) is 0 Å². The van der Waals surface area contributed by atoms with E-state index in [-0.39, 0.29) is 5.41 Å². The van der Waals surface area contributed by atoms with Crippen molar-refractivity contribution in [3.63, 3.8) is 0 Å². The fourth-order valence-corrected chi connectivity index (χ4v) is 3.00. The van der Waals surface area contributed by atoms with E-state index >= 15 is 0 Å². The first-order valence-corrected chi connectivity index (χ1v) is 8.66. The number of anilines is 2. The summed E-state index contributed by atoms with van der Waals surface area (Å²) < 4.78 is 0. The van der Waals surface area contributed by atoms with Crippen LogP contribution in [0.15, 0.2) is 85.4 Å². The molecular weight excluding hydrogens is 302 g/mol. The van der Waals surface area contributed by atoms with Crippen LogP contribution in [0, 0.1) is 0 Å². The monoisotopic (exact) mass is 327 g/mol. The molecule has 1 nitrogen and oxygen atoms in total. The van der Waals surface area contributed by atoms with E-state index < -0.39 is 0 Å². The van der Waals surface area contributed by atoms with Crippen LogP contribution >= 0.6 is 0 Å². The lowest BCUT2D eigenvalue weighted by molar-refractivity contribution is 0.641. The highest BCUT2D eigenvalue weighted by molar-refractivity contribution is 5.62. The highest BCUT2D eigenvalue weighted by Crippen LogP contribution is 2.33. The van der Waals surface area contributed by atoms with Crippen molar-refractivity contribution in [2.24, 2.45) is 0 Å². The van der Waals surface area contributed by atoms with Crippen molar-refractivity contribution < 1.29 is 0 Å². The van der Waals surface area contributed by atoms with Gasteiger partial charge < -0.3 is 5.32 Å². The molecule has 0 fully saturated rings. The Hall–Kier alpha value is -2.80. The van der Waals surface area contributed by atoms with Gasteiger partial charge in [0.25, 0.3) is 0 Å². The third-order valence-electron chi connectivity index (χ3n) is 4.77. The zero-order valence-corrected chi connectivity index (χ0v) is 15.2. The van der Waals surface area contributed by atoms with Gasteiger partial charge in [-0.3, -0.25) is 0 Å². The molecule has 25 heavy (non-hydrogen) atoms. The molecule has 3 rings (SSSR count). The van der Waals surface area contributed by atoms with Crippen molar-refractivity contribution >= 4 is 16.9 Å². The molecule has 126 valence electrons. The van der Waals surface area contributed by atoms with Gasteiger partial charge in [-0.15, -0.1) is 0 Å². The summed E-state index contributed by atoms with van der Waals surface area (Å²) in [5, 5.41) is 3.43. The molecule has 0 aromatic heterocycles. The van der Waals surface area contributed by atoms with Crippen LogP contribution in [-0.4, -0.2) is 0 Å². The molecule has 1 heteroatoms. The zero-order chi connectivity index (χ0) is 17.9. The van der Waals surface area contributed by atoms with Crippen LogP contribution in [0.2, 0.25) is 0 Å². The van der Waals surface area contributed by atoms with Crippen molar-refractivity contribution in [2.45, 2.75) is 26.2 Å². The predicted molar refractivity (Wildman–Crippen MR) is 109 cm³/mol. The first-order valence-electron chi connectivity index (χ1n) is 8.66. The molecule has 0 atom stereocenters. The van der Waals surface area contributed by atoms with Crippen LogP contribution in [0.25, 0.3) is 5.57 Å². The number of allylic oxidation sites excluding steroid dienone is 1. The average Bonchev–Trinajstić information content (AvgIpc) is 2.63. The Morgan fingerprint density at radius 3 is 1.72 bits per heavy atom. The lowest BCUT2D eigenvalue weighted by Crippen LogP contribution is -2.18. The van der Waals surface area contributed by atoms with Crippen LogP contribution in [0.1, 0.15) is 37.5 Å². The van der Waals surface area contributed by atoms with Crippen LogP contribution in [0.4, 0.5) is 11.4 Å². The fraction of sp³-hybridized carbons (Fsp3) is 0.167. The topological polar surface area (TPSA) is 12.0 Å². The number of benzene rings is 3. The average molecular weight is 327 g/mol. The second-order valence-electron chi connectivity index (χ2n) is 7.05. The van der Waals surface area contributed by atoms with Crippen molar-refractivity contribution in [2.75, 3.05) is 5.32 Å². The van der Waals surface area contributed by atoms with Crippen molar-refractivity contribution in [3.8, 4) is 0 Å². The summed E-state index contributed by atoms with van der Waals surface area (Å²) in [6.45, 7) is 10.6. The van der Waals surface area contributed by atoms with Gasteiger partial charge in [0.15, 0.2) is 0 Å². The molecule has 3 aromatic rings. The Kier molecular flexibility index (Phi) is 4.76. The molecule has 0 heterocycles. The number of nitrogens with one attached hydrogen (secondary N) is 1. The number of hydrogen-bond donors (Lipinski definition) is 1. The third-order valence-corrected chi connectivity index (χ3v) is 4.77. The summed E-state index contributed by atoms with van der Waals surface area (Å²) >= 11 is 0. The molecule has 0 aliphatic rings. The quantitative estimate of drug-likeness (QED) is 0.544. The van der Waals surface area contributed by atoms with Gasteiger partial charge in [-0.1, -0.05) is 80.6 Å². The molecule has 0 saturated carbocycles. The van der Waals surface area contributed by atoms with Crippen molar-refractivity contribution in [1.29, 1.82) is 0 Å². The molecule has 0 amide bonds. The molecule has 0 bridgehead atoms. The van der Waals surface area contributed by atoms with Gasteiger partial charge in [-0.25, -0.2) is 0 Å². The van der Waals surface area contributed by atoms with Gasteiger partial charge in [0.05, 0.1) is 0 Å². The van der Waals surface area contributed by atoms with Gasteiger partial charge in [-0.05, 0) is 47.9 Å². The molecular formula is C24H25N. The summed E-state index contributed by atoms with van der Waals surface area (Å²) in [5.74, 6) is 0. The van der Waals surface area contributed by atoms with Gasteiger partial charge in [0.2, 0.25) is 0 Å². The van der Waals surface area contributed by atoms with Gasteiger partial charge in [0.1, 0.15) is 0 Å². The SMILES string of the molecule is C=C(C)c1ccc(C(C)(C)c2ccc(Nc3ccccc3)cc2)cc1. The van der Waals surface area contributed by atoms with E-state index in [0.717, 1.165) is 16.9 Å². The van der Waals surface area contributed by atoms with E-state index in [1.54, 1.807) is 0 Å². The highest BCUT2D eigenvalue weighted by atomic mass is 14.9. The number of hydrogen-bond acceptors (Lipinski definition) is 1. The molecule has 0 aliphatic carbocycles. The fourth-order valence-electron chi connectivity index (χ4n) is 3.00. The Labute approximate surface area is 151 Å². The van der Waals surface area contributed by atoms with Crippen LogP contribution in [0.3, 0.4) is 0 Å². The smallest absolute Gasteiger partial charge is 0.0384 e. The summed E-state index contributed by atoms with van der Waals surface area (Å²) in [4.78, 5) is 0. The summed E-state index contributed by atoms with van der Waals surface area (Å²) in [5.41, 5.74) is 7.06. The Bertz CT molecular complexity index is 841. The van der Waals surface area contributed by atoms with E-state index in [4.69, 9.17) is 0 Å². The Balaban J connectivity index is 1.81. The normalized spacial score (nSPS) is 11.2. The van der Waals surface area contributed by atoms with E-state index in [1.165, 1.54) is 16.7 Å². The standard InChI is InChI=1S/C24H25N/c1-18(2)19-10-12-20(13-11-19)24(3,4)21-14-16-23(17-15-21)25-22-8-6-5-7-9-22/h5-17,25H,1H2,2-4H3. The van der Waals surface area contributed by atoms with E-state index in [2.05, 4.69) is 86.4 Å². The van der Waals surface area contributed by atoms with Gasteiger partial charge in [0, 0.05) is 16.8 Å². The van der Waals surface area contributed by atoms with Gasteiger partial charge >= 0.3 is 0 Å². The second kappa shape index (κ2) is 6.98. The number of para-hydroxylation sites is 1. The Morgan fingerprint density at radius 1 is 0.720 bits per heavy atom. The van der Waals surface area contributed by atoms with E-state index in [0.29, 0.717) is 0 Å². The van der Waals surface area contributed by atoms with E-state index in [9.17, 15) is 0 Å². The summed E-state index contributed by atoms with van der Waals surface area (Å²) in [6, 6.07) is 27.7. The zero-order valence-electron chi connectivity index (χ0n) is 15.2. The minimum atomic E-state index is -0.0428. The number of rotatable bonds is 5. The molecule has 0 spiro atoms. The maximum absolute atomic E-state index is 4.01. The molecule has 0 unspecified atom stereocenters. The largest absolute Gasteiger partial charge is 0.356 e. The maximum Gasteiger partial charge on any atom is 0.0384 e. The van der Waals surface area contributed by atoms with Crippen molar-refractivity contribution in [1.82, 2.24) is 0 Å². The van der Waals surface area contributed by atoms with E-state index in [1.807, 2.05) is 25.1 Å². The van der Waals surface area contributed by atoms with Crippen LogP contribution in [-0.2, 0) is 5.41 Å². The predicted octanol–water partition coefficient (Wildman–Crippen LogP) is 6.79. The molecule has 1 N–H and O–H groups in total. The summed E-state index contributed by atoms with van der Waals surface area (Å²) in [7, 11) is 0. The molecule has 0 saturated heterocycles. The van der Waals surface area contributed by atoms with Crippen LogP contribution < -0.4 is 5.32 Å². The highest BCUT2D eigenvalue weighted by Gasteiger charge is 2.22. The third kappa shape index (κ3) is 3.83. The molecule has 0 aliphatic heterocycles. The lowest BCUT2D eigenvalue weighted by atomic mass is 9.78. The lowest BCUT2D eigenvalue weighted by Gasteiger charge is -2.26. The van der Waals surface area contributed by atoms with Crippen molar-refractivity contribution in [3.05, 3.63) is 102 Å². The second-order valence-corrected chi connectivity index (χ2v) is 7.05. The maximum atomic E-state index is 4.01. The minimum Gasteiger partial charge on any atom is -0.356 e.